The van der Waals surface area contributed by atoms with Crippen molar-refractivity contribution in [3.8, 4) is 17.2 Å². The molecule has 0 aliphatic carbocycles. The van der Waals surface area contributed by atoms with Crippen molar-refractivity contribution in [1.29, 1.82) is 0 Å². The zero-order valence-electron chi connectivity index (χ0n) is 15.6. The van der Waals surface area contributed by atoms with E-state index in [9.17, 15) is 4.79 Å². The molecule has 142 valence electrons. The number of hydrogen-bond acceptors (Lipinski definition) is 4. The summed E-state index contributed by atoms with van der Waals surface area (Å²) in [6, 6.07) is 10.6. The van der Waals surface area contributed by atoms with E-state index in [0.29, 0.717) is 28.0 Å². The second-order valence-corrected chi connectivity index (χ2v) is 6.50. The fourth-order valence-corrected chi connectivity index (χ4v) is 3.12. The number of rotatable bonds is 6. The van der Waals surface area contributed by atoms with Gasteiger partial charge in [0.2, 0.25) is 5.75 Å². The molecule has 1 aromatic heterocycles. The van der Waals surface area contributed by atoms with E-state index >= 15 is 0 Å². The predicted octanol–water partition coefficient (Wildman–Crippen LogP) is 4.34. The van der Waals surface area contributed by atoms with Gasteiger partial charge in [0.25, 0.3) is 5.91 Å². The van der Waals surface area contributed by atoms with Crippen molar-refractivity contribution < 1.29 is 19.0 Å². The number of aromatic nitrogens is 1. The second kappa shape index (κ2) is 7.80. The van der Waals surface area contributed by atoms with E-state index in [-0.39, 0.29) is 11.9 Å². The van der Waals surface area contributed by atoms with Crippen molar-refractivity contribution in [3.63, 3.8) is 0 Å². The molecule has 7 heteroatoms. The topological polar surface area (TPSA) is 72.6 Å². The highest BCUT2D eigenvalue weighted by Gasteiger charge is 2.19. The highest BCUT2D eigenvalue weighted by molar-refractivity contribution is 6.31. The summed E-state index contributed by atoms with van der Waals surface area (Å²) in [6.45, 7) is 1.89. The number of aromatic amines is 1. The van der Waals surface area contributed by atoms with Crippen LogP contribution in [0.3, 0.4) is 0 Å². The molecule has 1 atom stereocenters. The van der Waals surface area contributed by atoms with Crippen LogP contribution in [0.25, 0.3) is 10.9 Å². The van der Waals surface area contributed by atoms with Gasteiger partial charge in [-0.3, -0.25) is 4.79 Å². The number of nitrogens with one attached hydrogen (secondary N) is 2. The number of benzene rings is 2. The summed E-state index contributed by atoms with van der Waals surface area (Å²) < 4.78 is 16.1. The summed E-state index contributed by atoms with van der Waals surface area (Å²) in [5.74, 6) is 1.36. The van der Waals surface area contributed by atoms with Crippen molar-refractivity contribution in [2.45, 2.75) is 13.0 Å². The van der Waals surface area contributed by atoms with Gasteiger partial charge in [-0.25, -0.2) is 0 Å². The summed E-state index contributed by atoms with van der Waals surface area (Å²) in [5, 5.41) is 4.48. The van der Waals surface area contributed by atoms with Crippen LogP contribution in [-0.4, -0.2) is 32.2 Å². The number of hydrogen-bond donors (Lipinski definition) is 2. The van der Waals surface area contributed by atoms with Gasteiger partial charge in [0.1, 0.15) is 5.69 Å². The first kappa shape index (κ1) is 18.9. The smallest absolute Gasteiger partial charge is 0.268 e. The summed E-state index contributed by atoms with van der Waals surface area (Å²) in [5.41, 5.74) is 2.15. The average molecular weight is 389 g/mol. The van der Waals surface area contributed by atoms with Gasteiger partial charge >= 0.3 is 0 Å². The molecule has 0 spiro atoms. The normalized spacial score (nSPS) is 11.9. The Morgan fingerprint density at radius 2 is 1.70 bits per heavy atom. The number of methoxy groups -OCH3 is 3. The van der Waals surface area contributed by atoms with E-state index < -0.39 is 0 Å². The minimum atomic E-state index is -0.277. The van der Waals surface area contributed by atoms with E-state index in [0.717, 1.165) is 16.5 Å². The van der Waals surface area contributed by atoms with Crippen LogP contribution in [0.5, 0.6) is 17.2 Å². The van der Waals surface area contributed by atoms with Gasteiger partial charge in [-0.2, -0.15) is 0 Å². The molecule has 1 unspecified atom stereocenters. The number of ether oxygens (including phenoxy) is 3. The Kier molecular flexibility index (Phi) is 5.46. The molecular formula is C20H21ClN2O4. The van der Waals surface area contributed by atoms with Crippen LogP contribution in [0.2, 0.25) is 5.02 Å². The molecule has 0 radical (unpaired) electrons. The van der Waals surface area contributed by atoms with E-state index in [1.165, 1.54) is 0 Å². The third kappa shape index (κ3) is 3.80. The summed E-state index contributed by atoms with van der Waals surface area (Å²) in [7, 11) is 4.66. The number of halogens is 1. The van der Waals surface area contributed by atoms with Gasteiger partial charge in [0.15, 0.2) is 11.5 Å². The lowest BCUT2D eigenvalue weighted by atomic mass is 10.1. The van der Waals surface area contributed by atoms with Gasteiger partial charge in [-0.05, 0) is 48.9 Å². The van der Waals surface area contributed by atoms with Crippen LogP contribution in [0.4, 0.5) is 0 Å². The molecule has 1 amide bonds. The largest absolute Gasteiger partial charge is 0.493 e. The quantitative estimate of drug-likeness (QED) is 0.659. The maximum absolute atomic E-state index is 12.7. The number of amides is 1. The minimum Gasteiger partial charge on any atom is -0.493 e. The lowest BCUT2D eigenvalue weighted by Gasteiger charge is -2.18. The van der Waals surface area contributed by atoms with Crippen molar-refractivity contribution in [3.05, 3.63) is 52.7 Å². The van der Waals surface area contributed by atoms with Gasteiger partial charge in [-0.1, -0.05) is 11.6 Å². The Bertz CT molecular complexity index is 958. The fourth-order valence-electron chi connectivity index (χ4n) is 2.93. The van der Waals surface area contributed by atoms with Crippen molar-refractivity contribution in [1.82, 2.24) is 10.3 Å². The van der Waals surface area contributed by atoms with Crippen LogP contribution in [0.15, 0.2) is 36.4 Å². The van der Waals surface area contributed by atoms with Crippen molar-refractivity contribution in [2.24, 2.45) is 0 Å². The summed E-state index contributed by atoms with van der Waals surface area (Å²) >= 11 is 6.01. The standard InChI is InChI=1S/C20H21ClN2O4/c1-11(12-9-17(25-2)19(27-4)18(10-12)26-3)22-20(24)16-8-13-7-14(21)5-6-15(13)23-16/h5-11,23H,1-4H3,(H,22,24). The Labute approximate surface area is 162 Å². The molecule has 2 N–H and O–H groups in total. The molecule has 27 heavy (non-hydrogen) atoms. The average Bonchev–Trinajstić information content (AvgIpc) is 3.09. The van der Waals surface area contributed by atoms with Gasteiger partial charge in [0.05, 0.1) is 27.4 Å². The first-order valence-electron chi connectivity index (χ1n) is 8.36. The molecule has 2 aromatic carbocycles. The lowest BCUT2D eigenvalue weighted by molar-refractivity contribution is 0.0935. The van der Waals surface area contributed by atoms with E-state index in [1.54, 1.807) is 33.5 Å². The number of fused-ring (bicyclic) bond motifs is 1. The second-order valence-electron chi connectivity index (χ2n) is 6.07. The first-order chi connectivity index (χ1) is 13.0. The van der Waals surface area contributed by atoms with Crippen molar-refractivity contribution in [2.75, 3.05) is 21.3 Å². The maximum Gasteiger partial charge on any atom is 0.268 e. The molecule has 0 fully saturated rings. The van der Waals surface area contributed by atoms with Gasteiger partial charge in [0, 0.05) is 15.9 Å². The highest BCUT2D eigenvalue weighted by atomic mass is 35.5. The van der Waals surface area contributed by atoms with E-state index in [1.807, 2.05) is 31.2 Å². The zero-order valence-corrected chi connectivity index (χ0v) is 16.3. The zero-order chi connectivity index (χ0) is 19.6. The predicted molar refractivity (Wildman–Crippen MR) is 105 cm³/mol. The molecule has 6 nitrogen and oxygen atoms in total. The summed E-state index contributed by atoms with van der Waals surface area (Å²) in [4.78, 5) is 15.8. The minimum absolute atomic E-state index is 0.219. The maximum atomic E-state index is 12.7. The SMILES string of the molecule is COc1cc(C(C)NC(=O)c2cc3cc(Cl)ccc3[nH]2)cc(OC)c1OC. The third-order valence-electron chi connectivity index (χ3n) is 4.36. The molecule has 0 saturated heterocycles. The highest BCUT2D eigenvalue weighted by Crippen LogP contribution is 2.39. The molecular weight excluding hydrogens is 368 g/mol. The van der Waals surface area contributed by atoms with Gasteiger partial charge in [-0.15, -0.1) is 0 Å². The first-order valence-corrected chi connectivity index (χ1v) is 8.73. The molecule has 0 bridgehead atoms. The number of carbonyl (C=O) groups is 1. The Balaban J connectivity index is 1.85. The van der Waals surface area contributed by atoms with Crippen molar-refractivity contribution >= 4 is 28.4 Å². The number of carbonyl (C=O) groups excluding carboxylic acids is 1. The van der Waals surface area contributed by atoms with Crippen LogP contribution in [-0.2, 0) is 0 Å². The Morgan fingerprint density at radius 3 is 2.30 bits per heavy atom. The molecule has 3 aromatic rings. The molecule has 0 aliphatic rings. The molecule has 0 saturated carbocycles. The third-order valence-corrected chi connectivity index (χ3v) is 4.60. The Hall–Kier alpha value is -2.86. The lowest BCUT2D eigenvalue weighted by Crippen LogP contribution is -2.27. The van der Waals surface area contributed by atoms with Crippen LogP contribution < -0.4 is 19.5 Å². The molecule has 1 heterocycles. The Morgan fingerprint density at radius 1 is 1.04 bits per heavy atom. The van der Waals surface area contributed by atoms with Crippen LogP contribution in [0.1, 0.15) is 29.0 Å². The van der Waals surface area contributed by atoms with E-state index in [2.05, 4.69) is 10.3 Å². The monoisotopic (exact) mass is 388 g/mol. The molecule has 3 rings (SSSR count). The number of H-pyrrole nitrogens is 1. The fraction of sp³-hybridized carbons (Fsp3) is 0.250. The summed E-state index contributed by atoms with van der Waals surface area (Å²) in [6.07, 6.45) is 0. The van der Waals surface area contributed by atoms with E-state index in [4.69, 9.17) is 25.8 Å². The molecule has 0 aliphatic heterocycles. The van der Waals surface area contributed by atoms with Crippen LogP contribution in [0, 0.1) is 0 Å². The van der Waals surface area contributed by atoms with Gasteiger partial charge < -0.3 is 24.5 Å². The van der Waals surface area contributed by atoms with Crippen LogP contribution >= 0.6 is 11.6 Å².